The monoisotopic (exact) mass is 350 g/mol. The molecule has 0 fully saturated rings. The van der Waals surface area contributed by atoms with Crippen molar-refractivity contribution in [3.8, 4) is 0 Å². The first-order chi connectivity index (χ1) is 2.27. The van der Waals surface area contributed by atoms with Crippen molar-refractivity contribution in [3.05, 3.63) is 0 Å². The molecule has 8 heavy (non-hydrogen) atoms. The number of halogens is 2. The molecule has 0 unspecified atom stereocenters. The molecule has 0 aliphatic heterocycles. The SMILES string of the molecule is CCC(C)C.[I-].[I-].[Mg+2]. The molecule has 0 rings (SSSR count). The molecule has 0 radical (unpaired) electrons. The fourth-order valence-electron chi connectivity index (χ4n) is 0. The standard InChI is InChI=1S/C5H12.2HI.Mg/c1-4-5(2)3;;;/h5H,4H2,1-3H3;2*1H;/q;;;+2/p-2. The van der Waals surface area contributed by atoms with Gasteiger partial charge in [-0.25, -0.2) is 0 Å². The first-order valence-electron chi connectivity index (χ1n) is 2.27. The molecule has 0 N–H and O–H groups in total. The minimum atomic E-state index is 0. The molecule has 0 aromatic rings. The van der Waals surface area contributed by atoms with Crippen molar-refractivity contribution in [2.45, 2.75) is 27.2 Å². The summed E-state index contributed by atoms with van der Waals surface area (Å²) in [5.74, 6) is 0.884. The van der Waals surface area contributed by atoms with Gasteiger partial charge in [0.25, 0.3) is 0 Å². The van der Waals surface area contributed by atoms with E-state index in [-0.39, 0.29) is 71.0 Å². The maximum absolute atomic E-state index is 2.22. The van der Waals surface area contributed by atoms with Crippen LogP contribution in [0.3, 0.4) is 0 Å². The van der Waals surface area contributed by atoms with Crippen molar-refractivity contribution in [2.24, 2.45) is 5.92 Å². The molecule has 0 atom stereocenters. The molecule has 0 bridgehead atoms. The predicted molar refractivity (Wildman–Crippen MR) is 30.9 cm³/mol. The summed E-state index contributed by atoms with van der Waals surface area (Å²) >= 11 is 0. The van der Waals surface area contributed by atoms with Gasteiger partial charge in [-0.05, 0) is 5.92 Å². The van der Waals surface area contributed by atoms with E-state index in [1.54, 1.807) is 0 Å². The second-order valence-electron chi connectivity index (χ2n) is 1.80. The second-order valence-corrected chi connectivity index (χ2v) is 1.80. The summed E-state index contributed by atoms with van der Waals surface area (Å²) in [6.07, 6.45) is 1.31. The molecular weight excluding hydrogens is 338 g/mol. The van der Waals surface area contributed by atoms with Gasteiger partial charge in [-0.15, -0.1) is 0 Å². The van der Waals surface area contributed by atoms with E-state index in [2.05, 4.69) is 20.8 Å². The van der Waals surface area contributed by atoms with Crippen LogP contribution >= 0.6 is 0 Å². The van der Waals surface area contributed by atoms with E-state index in [1.165, 1.54) is 6.42 Å². The van der Waals surface area contributed by atoms with Crippen LogP contribution < -0.4 is 48.0 Å². The molecule has 0 spiro atoms. The van der Waals surface area contributed by atoms with Crippen molar-refractivity contribution in [3.63, 3.8) is 0 Å². The molecule has 0 aliphatic carbocycles. The van der Waals surface area contributed by atoms with Crippen molar-refractivity contribution >= 4 is 23.1 Å². The first kappa shape index (κ1) is 22.5. The maximum Gasteiger partial charge on any atom is 2.00 e. The van der Waals surface area contributed by atoms with Crippen molar-refractivity contribution in [2.75, 3.05) is 0 Å². The molecule has 0 saturated carbocycles. The Balaban J connectivity index is -0.0000000267. The van der Waals surface area contributed by atoms with Gasteiger partial charge in [0.1, 0.15) is 0 Å². The van der Waals surface area contributed by atoms with E-state index in [1.807, 2.05) is 0 Å². The van der Waals surface area contributed by atoms with Gasteiger partial charge in [-0.3, -0.25) is 0 Å². The van der Waals surface area contributed by atoms with E-state index in [0.717, 1.165) is 5.92 Å². The number of hydrogen-bond donors (Lipinski definition) is 0. The third-order valence-electron chi connectivity index (χ3n) is 0.816. The summed E-state index contributed by atoms with van der Waals surface area (Å²) in [6, 6.07) is 0. The van der Waals surface area contributed by atoms with Gasteiger partial charge in [-0.2, -0.15) is 0 Å². The largest absolute Gasteiger partial charge is 2.00 e. The van der Waals surface area contributed by atoms with Crippen LogP contribution in [0.15, 0.2) is 0 Å². The normalized spacial score (nSPS) is 6.00. The van der Waals surface area contributed by atoms with Gasteiger partial charge < -0.3 is 48.0 Å². The minimum absolute atomic E-state index is 0. The molecular formula is C5H12I2Mg. The maximum atomic E-state index is 2.22. The van der Waals surface area contributed by atoms with E-state index < -0.39 is 0 Å². The van der Waals surface area contributed by atoms with Crippen molar-refractivity contribution in [1.29, 1.82) is 0 Å². The fraction of sp³-hybridized carbons (Fsp3) is 1.00. The summed E-state index contributed by atoms with van der Waals surface area (Å²) in [6.45, 7) is 6.64. The van der Waals surface area contributed by atoms with Gasteiger partial charge in [0.15, 0.2) is 0 Å². The fourth-order valence-corrected chi connectivity index (χ4v) is 0. The Bertz CT molecular complexity index is 24.4. The number of hydrogen-bond acceptors (Lipinski definition) is 0. The van der Waals surface area contributed by atoms with Gasteiger partial charge >= 0.3 is 23.1 Å². The summed E-state index contributed by atoms with van der Waals surface area (Å²) in [5.41, 5.74) is 0. The molecule has 0 aromatic heterocycles. The Hall–Kier alpha value is 2.23. The summed E-state index contributed by atoms with van der Waals surface area (Å²) in [4.78, 5) is 0. The Labute approximate surface area is 103 Å². The van der Waals surface area contributed by atoms with E-state index in [9.17, 15) is 0 Å². The van der Waals surface area contributed by atoms with Crippen LogP contribution in [-0.2, 0) is 0 Å². The molecule has 0 aliphatic rings. The molecule has 0 nitrogen and oxygen atoms in total. The van der Waals surface area contributed by atoms with E-state index in [4.69, 9.17) is 0 Å². The van der Waals surface area contributed by atoms with Gasteiger partial charge in [0.05, 0.1) is 0 Å². The summed E-state index contributed by atoms with van der Waals surface area (Å²) in [5, 5.41) is 0. The summed E-state index contributed by atoms with van der Waals surface area (Å²) < 4.78 is 0. The molecule has 0 heterocycles. The molecule has 0 amide bonds. The Morgan fingerprint density at radius 2 is 1.25 bits per heavy atom. The van der Waals surface area contributed by atoms with Crippen LogP contribution in [0.4, 0.5) is 0 Å². The van der Waals surface area contributed by atoms with Crippen LogP contribution in [-0.4, -0.2) is 23.1 Å². The molecule has 0 aromatic carbocycles. The topological polar surface area (TPSA) is 0 Å². The quantitative estimate of drug-likeness (QED) is 0.332. The number of rotatable bonds is 1. The van der Waals surface area contributed by atoms with Crippen LogP contribution in [0, 0.1) is 5.92 Å². The average molecular weight is 350 g/mol. The first-order valence-corrected chi connectivity index (χ1v) is 2.27. The predicted octanol–water partition coefficient (Wildman–Crippen LogP) is -4.32. The molecule has 0 saturated heterocycles. The summed E-state index contributed by atoms with van der Waals surface area (Å²) in [7, 11) is 0. The van der Waals surface area contributed by atoms with Crippen molar-refractivity contribution < 1.29 is 48.0 Å². The minimum Gasteiger partial charge on any atom is -1.00 e. The van der Waals surface area contributed by atoms with Crippen LogP contribution in [0.1, 0.15) is 27.2 Å². The second kappa shape index (κ2) is 16.1. The van der Waals surface area contributed by atoms with Crippen LogP contribution in [0.5, 0.6) is 0 Å². The van der Waals surface area contributed by atoms with E-state index in [0.29, 0.717) is 0 Å². The Morgan fingerprint density at radius 3 is 1.25 bits per heavy atom. The smallest absolute Gasteiger partial charge is 1.00 e. The van der Waals surface area contributed by atoms with Crippen molar-refractivity contribution in [1.82, 2.24) is 0 Å². The molecule has 3 heteroatoms. The van der Waals surface area contributed by atoms with Gasteiger partial charge in [0, 0.05) is 0 Å². The Kier molecular flexibility index (Phi) is 45.2. The third-order valence-corrected chi connectivity index (χ3v) is 0.816. The third kappa shape index (κ3) is 24.1. The zero-order chi connectivity index (χ0) is 4.28. The zero-order valence-electron chi connectivity index (χ0n) is 5.75. The zero-order valence-corrected chi connectivity index (χ0v) is 11.5. The van der Waals surface area contributed by atoms with Crippen LogP contribution in [0.2, 0.25) is 0 Å². The molecule has 48 valence electrons. The van der Waals surface area contributed by atoms with Crippen LogP contribution in [0.25, 0.3) is 0 Å². The Morgan fingerprint density at radius 1 is 1.12 bits per heavy atom. The average Bonchev–Trinajstić information content (AvgIpc) is 1.38. The van der Waals surface area contributed by atoms with Gasteiger partial charge in [0.2, 0.25) is 0 Å². The van der Waals surface area contributed by atoms with Gasteiger partial charge in [-0.1, -0.05) is 27.2 Å². The van der Waals surface area contributed by atoms with E-state index >= 15 is 0 Å².